The van der Waals surface area contributed by atoms with Crippen LogP contribution in [0.5, 0.6) is 5.75 Å². The monoisotopic (exact) mass is 793 g/mol. The third kappa shape index (κ3) is 12.0. The van der Waals surface area contributed by atoms with Crippen molar-refractivity contribution in [1.82, 2.24) is 4.90 Å². The average molecular weight is 794 g/mol. The van der Waals surface area contributed by atoms with Crippen molar-refractivity contribution >= 4 is 46.4 Å². The molecule has 4 aromatic carbocycles. The Hall–Kier alpha value is -5.54. The predicted molar refractivity (Wildman–Crippen MR) is 228 cm³/mol. The van der Waals surface area contributed by atoms with E-state index < -0.39 is 11.7 Å². The van der Waals surface area contributed by atoms with Crippen LogP contribution in [0.3, 0.4) is 0 Å². The standard InChI is InChI=1S/C24H26ClNO2.C23H27FN2O3/c1-4-9-22(25)17(2)24(27)26-15-8-14-23(26)21-13-6-5-12-20(21)18-10-7-11-19(16-18)28-3;1-16(2)13-26(23(29)21-10-5-6-11-22(21)24)20-9-7-8-19(12-20)25(14-17(3)27)15-18(4)28/h4-7,9-13,16,23H,8,14-15H2,1-3H3;5-12,16H,13-15H2,1-4H3/b9-4-,22-17-;/t23-;/m0./s1. The number of carbonyl (C=O) groups excluding carboxylic acids is 4. The smallest absolute Gasteiger partial charge is 0.261 e. The Kier molecular flexibility index (Phi) is 16.4. The number of anilines is 2. The maximum Gasteiger partial charge on any atom is 0.261 e. The quantitative estimate of drug-likeness (QED) is 0.0933. The number of amides is 2. The number of carbonyl (C=O) groups is 4. The van der Waals surface area contributed by atoms with E-state index in [4.69, 9.17) is 16.3 Å². The van der Waals surface area contributed by atoms with E-state index >= 15 is 0 Å². The molecule has 0 bridgehead atoms. The van der Waals surface area contributed by atoms with Crippen molar-refractivity contribution in [3.05, 3.63) is 137 Å². The number of allylic oxidation sites excluding steroid dienone is 3. The lowest BCUT2D eigenvalue weighted by molar-refractivity contribution is -0.128. The van der Waals surface area contributed by atoms with Gasteiger partial charge in [0.05, 0.1) is 31.8 Å². The second-order valence-electron chi connectivity index (χ2n) is 14.5. The number of methoxy groups -OCH3 is 1. The molecule has 0 N–H and O–H groups in total. The van der Waals surface area contributed by atoms with Gasteiger partial charge >= 0.3 is 0 Å². The Morgan fingerprint density at radius 1 is 0.877 bits per heavy atom. The molecule has 0 spiro atoms. The van der Waals surface area contributed by atoms with E-state index in [2.05, 4.69) is 18.2 Å². The molecule has 0 unspecified atom stereocenters. The summed E-state index contributed by atoms with van der Waals surface area (Å²) in [6.07, 6.45) is 5.54. The van der Waals surface area contributed by atoms with Crippen LogP contribution in [0.4, 0.5) is 15.8 Å². The number of nitrogens with zero attached hydrogens (tertiary/aromatic N) is 3. The van der Waals surface area contributed by atoms with Crippen LogP contribution in [0.15, 0.2) is 120 Å². The van der Waals surface area contributed by atoms with Crippen molar-refractivity contribution in [3.63, 3.8) is 0 Å². The Morgan fingerprint density at radius 3 is 2.18 bits per heavy atom. The molecular weight excluding hydrogens is 741 g/mol. The fourth-order valence-electron chi connectivity index (χ4n) is 6.85. The van der Waals surface area contributed by atoms with E-state index in [1.165, 1.54) is 30.9 Å². The van der Waals surface area contributed by atoms with Crippen LogP contribution in [0, 0.1) is 11.7 Å². The van der Waals surface area contributed by atoms with Crippen LogP contribution in [-0.4, -0.2) is 61.6 Å². The number of hydrogen-bond acceptors (Lipinski definition) is 6. The summed E-state index contributed by atoms with van der Waals surface area (Å²) in [7, 11) is 1.67. The van der Waals surface area contributed by atoms with E-state index in [0.717, 1.165) is 41.8 Å². The van der Waals surface area contributed by atoms with Gasteiger partial charge in [-0.3, -0.25) is 19.2 Å². The van der Waals surface area contributed by atoms with Gasteiger partial charge in [0.15, 0.2) is 0 Å². The van der Waals surface area contributed by atoms with E-state index in [0.29, 0.717) is 28.5 Å². The van der Waals surface area contributed by atoms with Gasteiger partial charge in [-0.15, -0.1) is 0 Å². The van der Waals surface area contributed by atoms with Gasteiger partial charge in [-0.05, 0) is 112 Å². The Labute approximate surface area is 341 Å². The van der Waals surface area contributed by atoms with Crippen molar-refractivity contribution in [2.24, 2.45) is 5.92 Å². The maximum absolute atomic E-state index is 14.2. The van der Waals surface area contributed by atoms with Crippen molar-refractivity contribution in [2.75, 3.05) is 43.1 Å². The molecule has 2 amide bonds. The minimum atomic E-state index is -0.572. The highest BCUT2D eigenvalue weighted by Crippen LogP contribution is 2.39. The number of hydrogen-bond donors (Lipinski definition) is 0. The zero-order valence-electron chi connectivity index (χ0n) is 33.9. The summed E-state index contributed by atoms with van der Waals surface area (Å²) in [5, 5.41) is 0.499. The first-order valence-electron chi connectivity index (χ1n) is 19.2. The summed E-state index contributed by atoms with van der Waals surface area (Å²) in [5.41, 5.74) is 5.22. The number of benzene rings is 4. The van der Waals surface area contributed by atoms with E-state index in [9.17, 15) is 23.6 Å². The van der Waals surface area contributed by atoms with Crippen molar-refractivity contribution in [3.8, 4) is 16.9 Å². The molecule has 10 heteroatoms. The fourth-order valence-corrected chi connectivity index (χ4v) is 7.05. The SMILES string of the molecule is C/C=C\C(Cl)=C(/C)C(=O)N1CCC[C@H]1c1ccccc1-c1cccc(OC)c1.CC(=O)CN(CC(C)=O)c1cccc(N(CC(C)C)C(=O)c2ccccc2F)c1. The van der Waals surface area contributed by atoms with Crippen molar-refractivity contribution < 1.29 is 28.3 Å². The third-order valence-corrected chi connectivity index (χ3v) is 9.85. The first-order valence-corrected chi connectivity index (χ1v) is 19.6. The Bertz CT molecular complexity index is 2100. The number of Topliss-reactive ketones (excluding diaryl/α,β-unsaturated/α-hetero) is 2. The summed E-state index contributed by atoms with van der Waals surface area (Å²) in [6, 6.07) is 29.4. The molecule has 57 heavy (non-hydrogen) atoms. The third-order valence-electron chi connectivity index (χ3n) is 9.44. The predicted octanol–water partition coefficient (Wildman–Crippen LogP) is 10.2. The highest BCUT2D eigenvalue weighted by atomic mass is 35.5. The molecule has 8 nitrogen and oxygen atoms in total. The first-order chi connectivity index (χ1) is 27.2. The van der Waals surface area contributed by atoms with Gasteiger partial charge in [-0.25, -0.2) is 4.39 Å². The van der Waals surface area contributed by atoms with Gasteiger partial charge in [0.1, 0.15) is 23.1 Å². The van der Waals surface area contributed by atoms with Gasteiger partial charge in [0.2, 0.25) is 0 Å². The minimum Gasteiger partial charge on any atom is -0.497 e. The van der Waals surface area contributed by atoms with Crippen molar-refractivity contribution in [1.29, 1.82) is 0 Å². The van der Waals surface area contributed by atoms with E-state index in [-0.39, 0.29) is 48.1 Å². The molecule has 1 atom stereocenters. The van der Waals surface area contributed by atoms with Crippen LogP contribution < -0.4 is 14.5 Å². The van der Waals surface area contributed by atoms with Gasteiger partial charge in [0.25, 0.3) is 11.8 Å². The fraction of sp³-hybridized carbons (Fsp3) is 0.319. The molecule has 0 aliphatic carbocycles. The molecule has 5 rings (SSSR count). The second-order valence-corrected chi connectivity index (χ2v) is 14.9. The number of likely N-dealkylation sites (tertiary alicyclic amines) is 1. The molecule has 0 aromatic heterocycles. The average Bonchev–Trinajstić information content (AvgIpc) is 3.69. The van der Waals surface area contributed by atoms with E-state index in [1.54, 1.807) is 61.4 Å². The molecule has 4 aromatic rings. The molecule has 1 fully saturated rings. The topological polar surface area (TPSA) is 87.2 Å². The molecule has 1 aliphatic rings. The highest BCUT2D eigenvalue weighted by molar-refractivity contribution is 6.33. The van der Waals surface area contributed by atoms with E-state index in [1.807, 2.05) is 62.1 Å². The molecule has 1 aliphatic heterocycles. The molecule has 300 valence electrons. The van der Waals surface area contributed by atoms with Crippen molar-refractivity contribution in [2.45, 2.75) is 60.4 Å². The second kappa shape index (κ2) is 21.1. The lowest BCUT2D eigenvalue weighted by Gasteiger charge is -2.28. The lowest BCUT2D eigenvalue weighted by Crippen LogP contribution is -2.36. The summed E-state index contributed by atoms with van der Waals surface area (Å²) < 4.78 is 19.6. The number of halogens is 2. The van der Waals surface area contributed by atoms with Crippen LogP contribution in [0.1, 0.15) is 76.3 Å². The first kappa shape index (κ1) is 44.2. The molecule has 1 heterocycles. The van der Waals surface area contributed by atoms with Crippen LogP contribution in [0.25, 0.3) is 11.1 Å². The largest absolute Gasteiger partial charge is 0.497 e. The van der Waals surface area contributed by atoms with Crippen LogP contribution in [0.2, 0.25) is 0 Å². The summed E-state index contributed by atoms with van der Waals surface area (Å²) >= 11 is 6.29. The summed E-state index contributed by atoms with van der Waals surface area (Å²) in [4.78, 5) is 54.7. The van der Waals surface area contributed by atoms with Crippen LogP contribution in [-0.2, 0) is 14.4 Å². The molecular formula is C47H53ClFN3O5. The minimum absolute atomic E-state index is 0.00267. The van der Waals surface area contributed by atoms with Gasteiger partial charge in [-0.2, -0.15) is 0 Å². The van der Waals surface area contributed by atoms with Gasteiger partial charge in [0, 0.05) is 35.1 Å². The number of rotatable bonds is 14. The molecule has 1 saturated heterocycles. The number of ketones is 2. The lowest BCUT2D eigenvalue weighted by atomic mass is 9.93. The highest BCUT2D eigenvalue weighted by Gasteiger charge is 2.32. The van der Waals surface area contributed by atoms with Crippen LogP contribution >= 0.6 is 11.6 Å². The molecule has 0 radical (unpaired) electrons. The normalized spacial score (nSPS) is 14.1. The van der Waals surface area contributed by atoms with Gasteiger partial charge in [-0.1, -0.05) is 86.1 Å². The Balaban J connectivity index is 0.000000253. The zero-order chi connectivity index (χ0) is 41.6. The Morgan fingerprint density at radius 2 is 1.53 bits per heavy atom. The van der Waals surface area contributed by atoms with Gasteiger partial charge < -0.3 is 19.4 Å². The molecule has 0 saturated carbocycles. The zero-order valence-corrected chi connectivity index (χ0v) is 34.7. The number of ether oxygens (including phenoxy) is 1. The summed E-state index contributed by atoms with van der Waals surface area (Å²) in [6.45, 7) is 11.9. The summed E-state index contributed by atoms with van der Waals surface area (Å²) in [5.74, 6) is -0.165. The maximum atomic E-state index is 14.2.